The third-order valence-electron chi connectivity index (χ3n) is 3.50. The number of aromatic nitrogens is 2. The quantitative estimate of drug-likeness (QED) is 0.757. The average Bonchev–Trinajstić information content (AvgIpc) is 2.70. The Morgan fingerprint density at radius 3 is 2.56 bits per heavy atom. The summed E-state index contributed by atoms with van der Waals surface area (Å²) < 4.78 is 44.9. The smallest absolute Gasteiger partial charge is 0.351 e. The van der Waals surface area contributed by atoms with Gasteiger partial charge in [0, 0.05) is 20.0 Å². The van der Waals surface area contributed by atoms with Crippen LogP contribution in [0.3, 0.4) is 0 Å². The van der Waals surface area contributed by atoms with Gasteiger partial charge < -0.3 is 19.9 Å². The van der Waals surface area contributed by atoms with Gasteiger partial charge in [0.2, 0.25) is 6.23 Å². The fraction of sp³-hybridized carbons (Fsp3) is 0.571. The van der Waals surface area contributed by atoms with Crippen LogP contribution in [0.1, 0.15) is 27.0 Å². The molecule has 2 unspecified atom stereocenters. The van der Waals surface area contributed by atoms with E-state index < -0.39 is 48.1 Å². The minimum atomic E-state index is -3.79. The Morgan fingerprint density at radius 1 is 1.40 bits per heavy atom. The van der Waals surface area contributed by atoms with Gasteiger partial charge in [-0.15, -0.1) is 0 Å². The normalized spacial score (nSPS) is 26.0. The largest absolute Gasteiger partial charge is 0.460 e. The molecule has 4 atom stereocenters. The fourth-order valence-electron chi connectivity index (χ4n) is 2.54. The van der Waals surface area contributed by atoms with Crippen molar-refractivity contribution in [2.75, 3.05) is 5.73 Å². The van der Waals surface area contributed by atoms with E-state index in [4.69, 9.17) is 19.9 Å². The van der Waals surface area contributed by atoms with Gasteiger partial charge in [0.15, 0.2) is 6.10 Å². The summed E-state index contributed by atoms with van der Waals surface area (Å²) in [4.78, 5) is 37.5. The topological polar surface area (TPSA) is 123 Å². The molecule has 2 N–H and O–H groups in total. The van der Waals surface area contributed by atoms with Crippen molar-refractivity contribution in [3.05, 3.63) is 22.7 Å². The van der Waals surface area contributed by atoms with Crippen LogP contribution in [0, 0.1) is 0 Å². The van der Waals surface area contributed by atoms with Crippen LogP contribution in [-0.2, 0) is 23.8 Å². The average molecular weight is 361 g/mol. The Kier molecular flexibility index (Phi) is 5.07. The lowest BCUT2D eigenvalue weighted by atomic mass is 10.1. The molecule has 2 rings (SSSR count). The first-order chi connectivity index (χ1) is 11.5. The molecule has 11 heteroatoms. The second kappa shape index (κ2) is 6.75. The Bertz CT molecular complexity index is 738. The predicted octanol–water partition coefficient (Wildman–Crippen LogP) is 0.241. The van der Waals surface area contributed by atoms with Crippen molar-refractivity contribution in [3.63, 3.8) is 0 Å². The first kappa shape index (κ1) is 18.8. The van der Waals surface area contributed by atoms with E-state index in [1.807, 2.05) is 0 Å². The molecule has 1 aliphatic heterocycles. The van der Waals surface area contributed by atoms with Crippen LogP contribution in [0.5, 0.6) is 0 Å². The van der Waals surface area contributed by atoms with Crippen LogP contribution in [0.15, 0.2) is 17.1 Å². The highest BCUT2D eigenvalue weighted by Crippen LogP contribution is 2.45. The van der Waals surface area contributed by atoms with Crippen LogP contribution >= 0.6 is 0 Å². The van der Waals surface area contributed by atoms with Gasteiger partial charge in [-0.05, 0) is 13.0 Å². The second-order valence-electron chi connectivity index (χ2n) is 5.51. The van der Waals surface area contributed by atoms with Crippen molar-refractivity contribution in [1.82, 2.24) is 9.55 Å². The van der Waals surface area contributed by atoms with Gasteiger partial charge in [0.25, 0.3) is 0 Å². The number of anilines is 1. The number of nitrogens with zero attached hydrogens (tertiary/aromatic N) is 2. The van der Waals surface area contributed by atoms with Crippen molar-refractivity contribution < 1.29 is 32.6 Å². The van der Waals surface area contributed by atoms with Gasteiger partial charge in [-0.1, -0.05) is 0 Å². The molecule has 0 saturated carbocycles. The molecular weight excluding hydrogens is 344 g/mol. The predicted molar refractivity (Wildman–Crippen MR) is 78.5 cm³/mol. The number of carbonyl (C=O) groups is 2. The zero-order valence-corrected chi connectivity index (χ0v) is 13.6. The molecule has 1 saturated heterocycles. The number of carbonyl (C=O) groups excluding carboxylic acids is 2. The maximum absolute atomic E-state index is 14.8. The summed E-state index contributed by atoms with van der Waals surface area (Å²) in [5.41, 5.74) is 4.27. The van der Waals surface area contributed by atoms with Crippen LogP contribution < -0.4 is 11.4 Å². The summed E-state index contributed by atoms with van der Waals surface area (Å²) in [6.45, 7) is 3.36. The van der Waals surface area contributed by atoms with E-state index in [9.17, 15) is 23.2 Å². The van der Waals surface area contributed by atoms with Crippen LogP contribution in [0.2, 0.25) is 0 Å². The van der Waals surface area contributed by atoms with Crippen molar-refractivity contribution in [1.29, 1.82) is 0 Å². The molecule has 0 aliphatic carbocycles. The van der Waals surface area contributed by atoms with E-state index in [1.54, 1.807) is 0 Å². The maximum Gasteiger partial charge on any atom is 0.351 e. The second-order valence-corrected chi connectivity index (χ2v) is 5.51. The first-order valence-electron chi connectivity index (χ1n) is 7.26. The molecule has 0 bridgehead atoms. The van der Waals surface area contributed by atoms with E-state index in [-0.39, 0.29) is 5.82 Å². The van der Waals surface area contributed by atoms with Gasteiger partial charge in [0.05, 0.1) is 0 Å². The number of nitrogens with two attached hydrogens (primary N) is 1. The molecule has 138 valence electrons. The molecule has 1 fully saturated rings. The Hall–Kier alpha value is -2.56. The number of esters is 2. The summed E-state index contributed by atoms with van der Waals surface area (Å²) in [5, 5.41) is 0. The fourth-order valence-corrected chi connectivity index (χ4v) is 2.54. The highest BCUT2D eigenvalue weighted by molar-refractivity contribution is 5.67. The Balaban J connectivity index is 2.43. The molecule has 0 radical (unpaired) electrons. The number of ether oxygens (including phenoxy) is 3. The van der Waals surface area contributed by atoms with Gasteiger partial charge in [-0.2, -0.15) is 13.8 Å². The van der Waals surface area contributed by atoms with Crippen LogP contribution in [0.4, 0.5) is 14.6 Å². The third-order valence-corrected chi connectivity index (χ3v) is 3.50. The van der Waals surface area contributed by atoms with Gasteiger partial charge >= 0.3 is 23.6 Å². The zero-order valence-electron chi connectivity index (χ0n) is 13.6. The van der Waals surface area contributed by atoms with E-state index in [2.05, 4.69) is 4.98 Å². The highest BCUT2D eigenvalue weighted by atomic mass is 19.3. The summed E-state index contributed by atoms with van der Waals surface area (Å²) >= 11 is 0. The zero-order chi connectivity index (χ0) is 18.9. The van der Waals surface area contributed by atoms with E-state index >= 15 is 0 Å². The van der Waals surface area contributed by atoms with Gasteiger partial charge in [-0.25, -0.2) is 4.79 Å². The molecule has 0 amide bonds. The SMILES string of the molecule is CC(=O)OC(C)[C@H]1O[C@@H](n2ccc(N)nc2=O)C(F)(F)C1OC(C)=O. The van der Waals surface area contributed by atoms with E-state index in [0.717, 1.165) is 26.1 Å². The lowest BCUT2D eigenvalue weighted by Crippen LogP contribution is -2.46. The molecule has 1 aromatic rings. The number of halogens is 2. The Labute approximate surface area is 140 Å². The number of hydrogen-bond acceptors (Lipinski definition) is 8. The molecule has 2 heterocycles. The number of alkyl halides is 2. The molecule has 9 nitrogen and oxygen atoms in total. The minimum Gasteiger partial charge on any atom is -0.460 e. The number of rotatable bonds is 4. The highest BCUT2D eigenvalue weighted by Gasteiger charge is 2.64. The van der Waals surface area contributed by atoms with Gasteiger partial charge in [0.1, 0.15) is 18.0 Å². The summed E-state index contributed by atoms with van der Waals surface area (Å²) in [5.74, 6) is -5.64. The standard InChI is InChI=1S/C14H17F2N3O6/c1-6(23-7(2)20)10-11(24-8(3)21)14(15,16)12(25-10)19-5-4-9(17)18-13(19)22/h4-6,10-12H,1-3H3,(H2,17,18,22)/t6?,10-,11?,12-/m1/s1. The molecule has 1 aliphatic rings. The van der Waals surface area contributed by atoms with Crippen LogP contribution in [0.25, 0.3) is 0 Å². The minimum absolute atomic E-state index is 0.149. The van der Waals surface area contributed by atoms with Crippen molar-refractivity contribution in [3.8, 4) is 0 Å². The Morgan fingerprint density at radius 2 is 2.04 bits per heavy atom. The van der Waals surface area contributed by atoms with E-state index in [1.165, 1.54) is 6.92 Å². The molecule has 1 aromatic heterocycles. The van der Waals surface area contributed by atoms with Crippen molar-refractivity contribution in [2.45, 2.75) is 51.2 Å². The van der Waals surface area contributed by atoms with Crippen molar-refractivity contribution >= 4 is 17.8 Å². The number of hydrogen-bond donors (Lipinski definition) is 1. The molecule has 25 heavy (non-hydrogen) atoms. The molecular formula is C14H17F2N3O6. The first-order valence-corrected chi connectivity index (χ1v) is 7.26. The summed E-state index contributed by atoms with van der Waals surface area (Å²) in [6.07, 6.45) is -5.82. The van der Waals surface area contributed by atoms with Gasteiger partial charge in [-0.3, -0.25) is 14.2 Å². The van der Waals surface area contributed by atoms with Crippen molar-refractivity contribution in [2.24, 2.45) is 0 Å². The number of nitrogen functional groups attached to an aromatic ring is 1. The maximum atomic E-state index is 14.8. The monoisotopic (exact) mass is 361 g/mol. The van der Waals surface area contributed by atoms with E-state index in [0.29, 0.717) is 4.57 Å². The van der Waals surface area contributed by atoms with Crippen LogP contribution in [-0.4, -0.2) is 45.7 Å². The summed E-state index contributed by atoms with van der Waals surface area (Å²) in [6, 6.07) is 1.14. The molecule has 0 spiro atoms. The third kappa shape index (κ3) is 3.76. The lowest BCUT2D eigenvalue weighted by molar-refractivity contribution is -0.176. The summed E-state index contributed by atoms with van der Waals surface area (Å²) in [7, 11) is 0. The lowest BCUT2D eigenvalue weighted by Gasteiger charge is -2.25. The molecule has 0 aromatic carbocycles.